The minimum atomic E-state index is -2.27. The molecule has 4 nitrogen and oxygen atoms in total. The average molecular weight is 472 g/mol. The van der Waals surface area contributed by atoms with Gasteiger partial charge in [-0.3, -0.25) is 0 Å². The molecule has 34 heavy (non-hydrogen) atoms. The van der Waals surface area contributed by atoms with Crippen LogP contribution in [0.2, 0.25) is 0 Å². The van der Waals surface area contributed by atoms with Crippen molar-refractivity contribution in [3.63, 3.8) is 0 Å². The normalized spacial score (nSPS) is 10.8. The molecule has 0 saturated heterocycles. The average Bonchev–Trinajstić information content (AvgIpc) is 2.80. The molecule has 0 heterocycles. The van der Waals surface area contributed by atoms with Gasteiger partial charge >= 0.3 is 0 Å². The summed E-state index contributed by atoms with van der Waals surface area (Å²) in [6.07, 6.45) is 0. The molecule has 0 radical (unpaired) electrons. The second kappa shape index (κ2) is 7.30. The number of rotatable bonds is 0. The minimum absolute atomic E-state index is 1.07. The van der Waals surface area contributed by atoms with Gasteiger partial charge in [0.25, 0.3) is 0 Å². The van der Waals surface area contributed by atoms with Crippen LogP contribution in [0.5, 0.6) is 0 Å². The molecule has 0 N–H and O–H groups in total. The van der Waals surface area contributed by atoms with E-state index < -0.39 is 100 Å². The molecule has 4 rings (SSSR count). The van der Waals surface area contributed by atoms with Crippen LogP contribution >= 0.6 is 0 Å². The summed E-state index contributed by atoms with van der Waals surface area (Å²) in [5.74, 6) is -17.4. The second-order valence-electron chi connectivity index (χ2n) is 6.71. The van der Waals surface area contributed by atoms with Crippen molar-refractivity contribution in [1.29, 1.82) is 21.0 Å². The first-order valence-corrected chi connectivity index (χ1v) is 8.66. The van der Waals surface area contributed by atoms with E-state index in [9.17, 15) is 17.6 Å². The lowest BCUT2D eigenvalue weighted by Gasteiger charge is -2.17. The van der Waals surface area contributed by atoms with Crippen LogP contribution < -0.4 is 10.4 Å². The summed E-state index contributed by atoms with van der Waals surface area (Å²) >= 11 is 0. The Morgan fingerprint density at radius 3 is 0.735 bits per heavy atom. The first kappa shape index (κ1) is 22.3. The predicted octanol–water partition coefficient (Wildman–Crippen LogP) is 4.09. The molecule has 0 aliphatic carbocycles. The molecule has 0 aromatic heterocycles. The molecule has 0 atom stereocenters. The Morgan fingerprint density at radius 2 is 0.559 bits per heavy atom. The van der Waals surface area contributed by atoms with Crippen LogP contribution in [-0.2, 0) is 0 Å². The molecule has 4 aromatic carbocycles. The van der Waals surface area contributed by atoms with Crippen molar-refractivity contribution < 1.29 is 35.1 Å². The monoisotopic (exact) mass is 472 g/mol. The molecule has 4 aromatic rings. The smallest absolute Gasteiger partial charge is 0.170 e. The van der Waals surface area contributed by atoms with Gasteiger partial charge in [-0.1, -0.05) is 0 Å². The van der Waals surface area contributed by atoms with Gasteiger partial charge < -0.3 is 0 Å². The molecular formula is C22F8N4. The highest BCUT2D eigenvalue weighted by atomic mass is 19.2. The van der Waals surface area contributed by atoms with Gasteiger partial charge in [0.2, 0.25) is 0 Å². The van der Waals surface area contributed by atoms with Gasteiger partial charge in [0.05, 0.1) is 32.0 Å². The summed E-state index contributed by atoms with van der Waals surface area (Å²) in [6, 6.07) is 4.29. The van der Waals surface area contributed by atoms with Crippen LogP contribution in [-0.4, -0.2) is 0 Å². The van der Waals surface area contributed by atoms with Crippen molar-refractivity contribution in [3.05, 3.63) is 57.0 Å². The van der Waals surface area contributed by atoms with Gasteiger partial charge in [-0.05, 0) is 0 Å². The zero-order valence-corrected chi connectivity index (χ0v) is 15.8. The highest BCUT2D eigenvalue weighted by Gasteiger charge is 2.33. The van der Waals surface area contributed by atoms with Crippen molar-refractivity contribution in [1.82, 2.24) is 0 Å². The molecule has 12 heteroatoms. The van der Waals surface area contributed by atoms with Crippen molar-refractivity contribution in [3.8, 4) is 24.3 Å². The first-order chi connectivity index (χ1) is 16.1. The molecule has 0 amide bonds. The highest BCUT2D eigenvalue weighted by molar-refractivity contribution is 6.24. The standard InChI is InChI=1S/C22F8N4/c23-15-7(5(1-31)2-32)16(24)12-9-10-13(21(29)19(27)11(9)15)17(25)8(6(3-33)4-34)18(26)14(10)22(30)20(12)28. The van der Waals surface area contributed by atoms with E-state index in [1.807, 2.05) is 0 Å². The van der Waals surface area contributed by atoms with Gasteiger partial charge in [0.15, 0.2) is 23.3 Å². The third kappa shape index (κ3) is 2.42. The molecule has 164 valence electrons. The van der Waals surface area contributed by atoms with Crippen molar-refractivity contribution in [2.24, 2.45) is 0 Å². The summed E-state index contributed by atoms with van der Waals surface area (Å²) in [7, 11) is 0. The minimum Gasteiger partial charge on any atom is -0.205 e. The van der Waals surface area contributed by atoms with E-state index in [1.54, 1.807) is 0 Å². The Kier molecular flexibility index (Phi) is 4.78. The topological polar surface area (TPSA) is 95.2 Å². The number of benzene rings is 4. The Bertz CT molecular complexity index is 1660. The lowest BCUT2D eigenvalue weighted by atomic mass is 9.89. The van der Waals surface area contributed by atoms with E-state index in [0.717, 1.165) is 24.3 Å². The number of hydrogen-bond donors (Lipinski definition) is 0. The molecule has 0 aliphatic rings. The van der Waals surface area contributed by atoms with Crippen LogP contribution in [0.25, 0.3) is 43.5 Å². The molecule has 0 fully saturated rings. The Morgan fingerprint density at radius 1 is 0.353 bits per heavy atom. The van der Waals surface area contributed by atoms with E-state index in [4.69, 9.17) is 21.0 Å². The van der Waals surface area contributed by atoms with E-state index in [-0.39, 0.29) is 0 Å². The highest BCUT2D eigenvalue weighted by Crippen LogP contribution is 2.42. The zero-order chi connectivity index (χ0) is 25.2. The second-order valence-corrected chi connectivity index (χ2v) is 6.71. The fourth-order valence-electron chi connectivity index (χ4n) is 3.86. The molecule has 0 saturated carbocycles. The molecular weight excluding hydrogens is 472 g/mol. The largest absolute Gasteiger partial charge is 0.205 e. The zero-order valence-electron chi connectivity index (χ0n) is 15.8. The maximum atomic E-state index is 15.1. The third-order valence-electron chi connectivity index (χ3n) is 5.22. The van der Waals surface area contributed by atoms with Gasteiger partial charge in [0, 0.05) is 10.8 Å². The van der Waals surface area contributed by atoms with Crippen LogP contribution in [0.4, 0.5) is 35.1 Å². The summed E-state index contributed by atoms with van der Waals surface area (Å²) in [6.45, 7) is 0. The van der Waals surface area contributed by atoms with Crippen LogP contribution in [0.1, 0.15) is 0 Å². The first-order valence-electron chi connectivity index (χ1n) is 8.66. The molecule has 0 bridgehead atoms. The Balaban J connectivity index is 2.67. The maximum Gasteiger partial charge on any atom is 0.170 e. The lowest BCUT2D eigenvalue weighted by molar-refractivity contribution is 0.500. The SMILES string of the molecule is N#CC(C#N)=c1c(F)c2c(F)c(F)c3c(F)c(=C(C#N)C#N)c(F)c4c(F)c(F)c(c1F)c2c34. The van der Waals surface area contributed by atoms with Crippen molar-refractivity contribution in [2.45, 2.75) is 0 Å². The van der Waals surface area contributed by atoms with Gasteiger partial charge in [-0.25, -0.2) is 35.1 Å². The summed E-state index contributed by atoms with van der Waals surface area (Å²) in [5, 5.41) is 23.5. The predicted molar refractivity (Wildman–Crippen MR) is 98.3 cm³/mol. The van der Waals surface area contributed by atoms with E-state index >= 15 is 17.6 Å². The van der Waals surface area contributed by atoms with Gasteiger partial charge in [0.1, 0.15) is 58.7 Å². The van der Waals surface area contributed by atoms with Crippen molar-refractivity contribution in [2.75, 3.05) is 0 Å². The van der Waals surface area contributed by atoms with Crippen molar-refractivity contribution >= 4 is 43.5 Å². The molecule has 0 unspecified atom stereocenters. The fourth-order valence-corrected chi connectivity index (χ4v) is 3.86. The number of nitrogens with zero attached hydrogens (tertiary/aromatic N) is 4. The fraction of sp³-hybridized carbons (Fsp3) is 0. The Hall–Kier alpha value is -4.94. The van der Waals surface area contributed by atoms with E-state index in [0.29, 0.717) is 0 Å². The quantitative estimate of drug-likeness (QED) is 0.285. The van der Waals surface area contributed by atoms with E-state index in [2.05, 4.69) is 0 Å². The van der Waals surface area contributed by atoms with Crippen LogP contribution in [0.15, 0.2) is 0 Å². The number of hydrogen-bond acceptors (Lipinski definition) is 4. The Labute approximate surface area is 181 Å². The summed E-state index contributed by atoms with van der Waals surface area (Å²) in [4.78, 5) is 0. The molecule has 0 aliphatic heterocycles. The summed E-state index contributed by atoms with van der Waals surface area (Å²) in [5.41, 5.74) is -2.69. The van der Waals surface area contributed by atoms with Gasteiger partial charge in [-0.2, -0.15) is 21.0 Å². The van der Waals surface area contributed by atoms with Crippen LogP contribution in [0.3, 0.4) is 0 Å². The maximum absolute atomic E-state index is 15.1. The summed E-state index contributed by atoms with van der Waals surface area (Å²) < 4.78 is 120. The number of halogens is 8. The van der Waals surface area contributed by atoms with Crippen LogP contribution in [0, 0.1) is 91.9 Å². The molecule has 0 spiro atoms. The number of nitriles is 4. The van der Waals surface area contributed by atoms with E-state index in [1.165, 1.54) is 0 Å². The lowest BCUT2D eigenvalue weighted by Crippen LogP contribution is -2.22. The third-order valence-corrected chi connectivity index (χ3v) is 5.22. The van der Waals surface area contributed by atoms with Gasteiger partial charge in [-0.15, -0.1) is 0 Å².